The number of nitrogens with zero attached hydrogens (tertiary/aromatic N) is 2. The lowest BCUT2D eigenvalue weighted by atomic mass is 10.1. The number of piperazine rings is 1. The van der Waals surface area contributed by atoms with Crippen LogP contribution in [-0.2, 0) is 14.6 Å². The molecule has 2 rings (SSSR count). The Bertz CT molecular complexity index is 491. The third-order valence-electron chi connectivity index (χ3n) is 3.73. The van der Waals surface area contributed by atoms with E-state index in [0.717, 1.165) is 0 Å². The highest BCUT2D eigenvalue weighted by molar-refractivity contribution is 7.91. The molecule has 2 aliphatic heterocycles. The van der Waals surface area contributed by atoms with Gasteiger partial charge in [-0.2, -0.15) is 0 Å². The van der Waals surface area contributed by atoms with E-state index in [9.17, 15) is 18.3 Å². The van der Waals surface area contributed by atoms with Gasteiger partial charge < -0.3 is 14.7 Å². The Morgan fingerprint density at radius 1 is 1.14 bits per heavy atom. The predicted molar refractivity (Wildman–Crippen MR) is 77.8 cm³/mol. The van der Waals surface area contributed by atoms with Gasteiger partial charge in [-0.1, -0.05) is 0 Å². The van der Waals surface area contributed by atoms with Crippen molar-refractivity contribution < 1.29 is 23.1 Å². The first-order valence-electron chi connectivity index (χ1n) is 7.18. The lowest BCUT2D eigenvalue weighted by molar-refractivity contribution is 0.00339. The number of carbonyl (C=O) groups is 1. The second-order valence-corrected chi connectivity index (χ2v) is 8.87. The zero-order valence-electron chi connectivity index (χ0n) is 12.8. The van der Waals surface area contributed by atoms with E-state index in [1.165, 1.54) is 0 Å². The van der Waals surface area contributed by atoms with Gasteiger partial charge in [-0.3, -0.25) is 4.90 Å². The molecule has 0 aromatic rings. The molecule has 0 aliphatic carbocycles. The van der Waals surface area contributed by atoms with E-state index in [0.29, 0.717) is 26.2 Å². The van der Waals surface area contributed by atoms with E-state index in [2.05, 4.69) is 0 Å². The van der Waals surface area contributed by atoms with E-state index < -0.39 is 21.5 Å². The normalized spacial score (nSPS) is 30.4. The van der Waals surface area contributed by atoms with Crippen molar-refractivity contribution in [3.8, 4) is 0 Å². The molecular formula is C13H24N2O5S. The number of aliphatic hydroxyl groups is 1. The molecule has 2 heterocycles. The van der Waals surface area contributed by atoms with E-state index in [4.69, 9.17) is 4.74 Å². The number of sulfone groups is 1. The zero-order valence-corrected chi connectivity index (χ0v) is 13.6. The Morgan fingerprint density at radius 2 is 1.71 bits per heavy atom. The van der Waals surface area contributed by atoms with Gasteiger partial charge in [0, 0.05) is 26.2 Å². The summed E-state index contributed by atoms with van der Waals surface area (Å²) in [6.07, 6.45) is -1.18. The van der Waals surface area contributed by atoms with E-state index in [1.807, 2.05) is 25.7 Å². The fraction of sp³-hybridized carbons (Fsp3) is 0.923. The molecule has 1 N–H and O–H groups in total. The van der Waals surface area contributed by atoms with Crippen LogP contribution in [0, 0.1) is 0 Å². The first-order chi connectivity index (χ1) is 9.57. The Hall–Kier alpha value is -0.860. The van der Waals surface area contributed by atoms with Crippen molar-refractivity contribution in [1.29, 1.82) is 0 Å². The van der Waals surface area contributed by atoms with Crippen molar-refractivity contribution in [2.45, 2.75) is 38.5 Å². The molecule has 8 heteroatoms. The number of aliphatic hydroxyl groups excluding tert-OH is 1. The summed E-state index contributed by atoms with van der Waals surface area (Å²) in [5, 5.41) is 9.88. The summed E-state index contributed by atoms with van der Waals surface area (Å²) in [7, 11) is -3.14. The van der Waals surface area contributed by atoms with Crippen LogP contribution >= 0.6 is 0 Å². The highest BCUT2D eigenvalue weighted by Gasteiger charge is 2.41. The molecule has 0 spiro atoms. The molecule has 1 amide bonds. The molecule has 122 valence electrons. The minimum Gasteiger partial charge on any atom is -0.444 e. The van der Waals surface area contributed by atoms with Crippen LogP contribution < -0.4 is 0 Å². The third kappa shape index (κ3) is 4.31. The van der Waals surface area contributed by atoms with Crippen LogP contribution in [0.2, 0.25) is 0 Å². The van der Waals surface area contributed by atoms with Gasteiger partial charge in [-0.25, -0.2) is 13.2 Å². The fourth-order valence-electron chi connectivity index (χ4n) is 2.72. The lowest BCUT2D eigenvalue weighted by Gasteiger charge is -2.38. The van der Waals surface area contributed by atoms with Crippen molar-refractivity contribution in [1.82, 2.24) is 9.80 Å². The molecule has 7 nitrogen and oxygen atoms in total. The van der Waals surface area contributed by atoms with Crippen LogP contribution in [0.3, 0.4) is 0 Å². The average molecular weight is 320 g/mol. The average Bonchev–Trinajstić information content (AvgIpc) is 2.61. The number of ether oxygens (including phenoxy) is 1. The number of hydrogen-bond donors (Lipinski definition) is 1. The minimum absolute atomic E-state index is 0.000599. The lowest BCUT2D eigenvalue weighted by Crippen LogP contribution is -2.55. The van der Waals surface area contributed by atoms with E-state index >= 15 is 0 Å². The molecule has 2 aliphatic rings. The summed E-state index contributed by atoms with van der Waals surface area (Å²) in [5.41, 5.74) is -0.524. The molecule has 0 radical (unpaired) electrons. The maximum atomic E-state index is 11.9. The molecule has 0 saturated carbocycles. The van der Waals surface area contributed by atoms with Gasteiger partial charge in [0.05, 0.1) is 23.7 Å². The largest absolute Gasteiger partial charge is 0.444 e. The van der Waals surface area contributed by atoms with Crippen molar-refractivity contribution in [3.05, 3.63) is 0 Å². The number of hydrogen-bond acceptors (Lipinski definition) is 6. The van der Waals surface area contributed by atoms with Crippen LogP contribution in [-0.4, -0.2) is 84.8 Å². The number of rotatable bonds is 1. The van der Waals surface area contributed by atoms with Crippen LogP contribution in [0.5, 0.6) is 0 Å². The van der Waals surface area contributed by atoms with Gasteiger partial charge in [0.2, 0.25) is 0 Å². The van der Waals surface area contributed by atoms with Crippen molar-refractivity contribution in [2.75, 3.05) is 37.7 Å². The van der Waals surface area contributed by atoms with Crippen LogP contribution in [0.15, 0.2) is 0 Å². The summed E-state index contributed by atoms with van der Waals surface area (Å²) in [4.78, 5) is 15.5. The van der Waals surface area contributed by atoms with Gasteiger partial charge in [0.15, 0.2) is 9.84 Å². The monoisotopic (exact) mass is 320 g/mol. The van der Waals surface area contributed by atoms with Crippen molar-refractivity contribution >= 4 is 15.9 Å². The zero-order chi connectivity index (χ0) is 15.8. The Kier molecular flexibility index (Phi) is 4.51. The third-order valence-corrected chi connectivity index (χ3v) is 5.43. The summed E-state index contributed by atoms with van der Waals surface area (Å²) in [5.74, 6) is -0.162. The van der Waals surface area contributed by atoms with E-state index in [-0.39, 0.29) is 23.6 Å². The standard InChI is InChI=1S/C13H24N2O5S/c1-13(2,3)20-12(17)15-6-4-14(5-7-15)10-8-21(18,19)9-11(10)16/h10-11,16H,4-9H2,1-3H3/t10-,11-/m0/s1. The van der Waals surface area contributed by atoms with Gasteiger partial charge in [-0.15, -0.1) is 0 Å². The quantitative estimate of drug-likeness (QED) is 0.713. The highest BCUT2D eigenvalue weighted by Crippen LogP contribution is 2.20. The molecule has 2 fully saturated rings. The van der Waals surface area contributed by atoms with E-state index in [1.54, 1.807) is 4.90 Å². The second kappa shape index (κ2) is 5.73. The van der Waals surface area contributed by atoms with Crippen molar-refractivity contribution in [2.24, 2.45) is 0 Å². The van der Waals surface area contributed by atoms with Gasteiger partial charge >= 0.3 is 6.09 Å². The Morgan fingerprint density at radius 3 is 2.14 bits per heavy atom. The SMILES string of the molecule is CC(C)(C)OC(=O)N1CCN([C@H]2CS(=O)(=O)C[C@@H]2O)CC1. The highest BCUT2D eigenvalue weighted by atomic mass is 32.2. The topological polar surface area (TPSA) is 87.2 Å². The molecule has 2 saturated heterocycles. The second-order valence-electron chi connectivity index (χ2n) is 6.71. The maximum Gasteiger partial charge on any atom is 0.410 e. The predicted octanol–water partition coefficient (Wildman–Crippen LogP) is -0.303. The van der Waals surface area contributed by atoms with Gasteiger partial charge in [0.25, 0.3) is 0 Å². The van der Waals surface area contributed by atoms with Crippen LogP contribution in [0.4, 0.5) is 4.79 Å². The molecule has 0 bridgehead atoms. The molecule has 2 atom stereocenters. The molecule has 0 unspecified atom stereocenters. The molecule has 21 heavy (non-hydrogen) atoms. The van der Waals surface area contributed by atoms with Crippen LogP contribution in [0.25, 0.3) is 0 Å². The van der Waals surface area contributed by atoms with Gasteiger partial charge in [0.1, 0.15) is 5.60 Å². The summed E-state index contributed by atoms with van der Waals surface area (Å²) < 4.78 is 28.4. The Balaban J connectivity index is 1.88. The summed E-state index contributed by atoms with van der Waals surface area (Å²) in [6, 6.07) is -0.351. The number of carbonyl (C=O) groups excluding carboxylic acids is 1. The maximum absolute atomic E-state index is 11.9. The van der Waals surface area contributed by atoms with Gasteiger partial charge in [-0.05, 0) is 20.8 Å². The summed E-state index contributed by atoms with van der Waals surface area (Å²) >= 11 is 0. The fourth-order valence-corrected chi connectivity index (χ4v) is 4.55. The first-order valence-corrected chi connectivity index (χ1v) is 9.00. The Labute approximate surface area is 125 Å². The molecule has 0 aromatic carbocycles. The van der Waals surface area contributed by atoms with Crippen LogP contribution in [0.1, 0.15) is 20.8 Å². The minimum atomic E-state index is -3.14. The molecular weight excluding hydrogens is 296 g/mol. The number of amides is 1. The smallest absolute Gasteiger partial charge is 0.410 e. The summed E-state index contributed by atoms with van der Waals surface area (Å²) in [6.45, 7) is 7.53. The first kappa shape index (κ1) is 16.5. The van der Waals surface area contributed by atoms with Crippen molar-refractivity contribution in [3.63, 3.8) is 0 Å². The molecule has 0 aromatic heterocycles.